The first-order valence-electron chi connectivity index (χ1n) is 9.38. The summed E-state index contributed by atoms with van der Waals surface area (Å²) < 4.78 is 7.00. The van der Waals surface area contributed by atoms with E-state index in [0.29, 0.717) is 49.1 Å². The fraction of sp³-hybridized carbons (Fsp3) is 0.526. The van der Waals surface area contributed by atoms with E-state index in [1.165, 1.54) is 6.20 Å². The molecular weight excluding hydrogens is 360 g/mol. The Balaban J connectivity index is 1.79. The Morgan fingerprint density at radius 2 is 2.18 bits per heavy atom. The average molecular weight is 384 g/mol. The molecule has 0 radical (unpaired) electrons. The molecular formula is C19H24N6O3. The number of carbonyl (C=O) groups is 2. The molecule has 9 heteroatoms. The molecule has 1 atom stereocenters. The molecule has 1 saturated heterocycles. The number of nitrogens with two attached hydrogens (primary N) is 1. The summed E-state index contributed by atoms with van der Waals surface area (Å²) in [6.45, 7) is 7.13. The monoisotopic (exact) mass is 384 g/mol. The summed E-state index contributed by atoms with van der Waals surface area (Å²) in [5, 5.41) is 7.76. The second-order valence-electron chi connectivity index (χ2n) is 8.26. The molecule has 28 heavy (non-hydrogen) atoms. The molecule has 1 aliphatic carbocycles. The van der Waals surface area contributed by atoms with Gasteiger partial charge in [0.2, 0.25) is 0 Å². The lowest BCUT2D eigenvalue weighted by atomic mass is 9.75. The number of aromatic nitrogens is 4. The van der Waals surface area contributed by atoms with Crippen molar-refractivity contribution in [3.8, 4) is 5.95 Å². The summed E-state index contributed by atoms with van der Waals surface area (Å²) in [5.74, 6) is 0.144. The number of Topliss-reactive ketones (excluding diaryl/α,β-unsaturated/α-hetero) is 1. The number of hydrogen-bond donors (Lipinski definition) is 2. The summed E-state index contributed by atoms with van der Waals surface area (Å²) in [6.07, 6.45) is 3.40. The van der Waals surface area contributed by atoms with Gasteiger partial charge in [0.25, 0.3) is 11.9 Å². The number of rotatable bonds is 4. The first-order valence-corrected chi connectivity index (χ1v) is 9.38. The molecule has 148 valence electrons. The summed E-state index contributed by atoms with van der Waals surface area (Å²) in [7, 11) is 0. The first kappa shape index (κ1) is 18.5. The minimum Gasteiger partial charge on any atom is -0.379 e. The quantitative estimate of drug-likeness (QED) is 0.817. The summed E-state index contributed by atoms with van der Waals surface area (Å²) in [4.78, 5) is 33.3. The van der Waals surface area contributed by atoms with Gasteiger partial charge in [-0.2, -0.15) is 10.1 Å². The maximum Gasteiger partial charge on any atom is 0.254 e. The minimum atomic E-state index is -0.608. The minimum absolute atomic E-state index is 0.0506. The van der Waals surface area contributed by atoms with Crippen LogP contribution < -0.4 is 11.1 Å². The van der Waals surface area contributed by atoms with Gasteiger partial charge in [-0.05, 0) is 25.2 Å². The van der Waals surface area contributed by atoms with Gasteiger partial charge in [-0.1, -0.05) is 13.8 Å². The third kappa shape index (κ3) is 3.26. The maximum absolute atomic E-state index is 12.6. The molecule has 0 aromatic carbocycles. The predicted molar refractivity (Wildman–Crippen MR) is 102 cm³/mol. The number of primary amides is 1. The zero-order valence-corrected chi connectivity index (χ0v) is 16.3. The molecule has 0 spiro atoms. The number of carbonyl (C=O) groups excluding carboxylic acids is 2. The lowest BCUT2D eigenvalue weighted by Gasteiger charge is -2.28. The molecule has 3 N–H and O–H groups in total. The zero-order valence-electron chi connectivity index (χ0n) is 16.3. The van der Waals surface area contributed by atoms with Gasteiger partial charge in [0.1, 0.15) is 5.82 Å². The third-order valence-corrected chi connectivity index (χ3v) is 5.22. The number of ketones is 1. The fourth-order valence-electron chi connectivity index (χ4n) is 3.91. The molecule has 1 unspecified atom stereocenters. The molecule has 1 amide bonds. The number of amides is 1. The highest BCUT2D eigenvalue weighted by Gasteiger charge is 2.36. The van der Waals surface area contributed by atoms with Gasteiger partial charge in [-0.25, -0.2) is 9.67 Å². The van der Waals surface area contributed by atoms with E-state index >= 15 is 0 Å². The summed E-state index contributed by atoms with van der Waals surface area (Å²) in [5.41, 5.74) is 7.66. The van der Waals surface area contributed by atoms with E-state index < -0.39 is 5.91 Å². The van der Waals surface area contributed by atoms with Crippen LogP contribution in [0.25, 0.3) is 5.95 Å². The van der Waals surface area contributed by atoms with Crippen molar-refractivity contribution < 1.29 is 14.3 Å². The largest absolute Gasteiger partial charge is 0.379 e. The normalized spacial score (nSPS) is 20.8. The van der Waals surface area contributed by atoms with Crippen LogP contribution in [0.2, 0.25) is 0 Å². The van der Waals surface area contributed by atoms with Crippen molar-refractivity contribution in [3.05, 3.63) is 28.7 Å². The molecule has 3 heterocycles. The van der Waals surface area contributed by atoms with Crippen LogP contribution in [0.1, 0.15) is 58.8 Å². The van der Waals surface area contributed by atoms with Gasteiger partial charge in [0, 0.05) is 19.2 Å². The van der Waals surface area contributed by atoms with Crippen molar-refractivity contribution >= 4 is 17.5 Å². The van der Waals surface area contributed by atoms with Gasteiger partial charge in [-0.3, -0.25) is 9.59 Å². The van der Waals surface area contributed by atoms with Gasteiger partial charge in [-0.15, -0.1) is 0 Å². The van der Waals surface area contributed by atoms with Crippen LogP contribution in [0, 0.1) is 12.3 Å². The summed E-state index contributed by atoms with van der Waals surface area (Å²) >= 11 is 0. The van der Waals surface area contributed by atoms with Crippen LogP contribution in [0.5, 0.6) is 0 Å². The molecule has 0 bridgehead atoms. The fourth-order valence-corrected chi connectivity index (χ4v) is 3.91. The average Bonchev–Trinajstić information content (AvgIpc) is 3.21. The van der Waals surface area contributed by atoms with E-state index in [4.69, 9.17) is 10.5 Å². The Labute approximate surface area is 162 Å². The van der Waals surface area contributed by atoms with E-state index in [-0.39, 0.29) is 22.8 Å². The molecule has 2 aromatic rings. The number of ether oxygens (including phenoxy) is 1. The van der Waals surface area contributed by atoms with Crippen molar-refractivity contribution in [1.82, 2.24) is 19.7 Å². The first-order chi connectivity index (χ1) is 13.2. The van der Waals surface area contributed by atoms with Gasteiger partial charge < -0.3 is 15.8 Å². The molecule has 0 saturated carbocycles. The van der Waals surface area contributed by atoms with Gasteiger partial charge in [0.05, 0.1) is 35.2 Å². The second-order valence-corrected chi connectivity index (χ2v) is 8.26. The lowest BCUT2D eigenvalue weighted by Crippen LogP contribution is -2.29. The molecule has 2 aromatic heterocycles. The Hall–Kier alpha value is -2.81. The molecule has 1 fully saturated rings. The lowest BCUT2D eigenvalue weighted by molar-refractivity contribution is 0.0909. The zero-order chi connectivity index (χ0) is 20.1. The van der Waals surface area contributed by atoms with Crippen LogP contribution in [0.4, 0.5) is 5.82 Å². The number of fused-ring (bicyclic) bond motifs is 1. The Morgan fingerprint density at radius 3 is 2.86 bits per heavy atom. The number of nitrogens with one attached hydrogen (secondary N) is 1. The number of aryl methyl sites for hydroxylation is 1. The topological polar surface area (TPSA) is 125 Å². The highest BCUT2D eigenvalue weighted by Crippen LogP contribution is 2.36. The molecule has 9 nitrogen and oxygen atoms in total. The van der Waals surface area contributed by atoms with Gasteiger partial charge in [0.15, 0.2) is 5.78 Å². The van der Waals surface area contributed by atoms with E-state index in [1.54, 1.807) is 4.68 Å². The number of nitrogens with zero attached hydrogens (tertiary/aromatic N) is 4. The smallest absolute Gasteiger partial charge is 0.254 e. The number of anilines is 1. The van der Waals surface area contributed by atoms with Crippen molar-refractivity contribution in [1.29, 1.82) is 0 Å². The van der Waals surface area contributed by atoms with Gasteiger partial charge >= 0.3 is 0 Å². The van der Waals surface area contributed by atoms with Crippen LogP contribution in [0.15, 0.2) is 6.20 Å². The second kappa shape index (κ2) is 6.66. The van der Waals surface area contributed by atoms with Crippen molar-refractivity contribution in [2.24, 2.45) is 11.1 Å². The van der Waals surface area contributed by atoms with E-state index in [2.05, 4.69) is 34.2 Å². The highest BCUT2D eigenvalue weighted by atomic mass is 16.5. The third-order valence-electron chi connectivity index (χ3n) is 5.22. The Kier molecular flexibility index (Phi) is 4.41. The maximum atomic E-state index is 12.6. The van der Waals surface area contributed by atoms with Crippen LogP contribution >= 0.6 is 0 Å². The molecule has 2 aliphatic rings. The van der Waals surface area contributed by atoms with Crippen LogP contribution in [-0.2, 0) is 11.2 Å². The summed E-state index contributed by atoms with van der Waals surface area (Å²) in [6, 6.07) is 0.0506. The van der Waals surface area contributed by atoms with E-state index in [0.717, 1.165) is 12.1 Å². The Morgan fingerprint density at radius 1 is 1.39 bits per heavy atom. The van der Waals surface area contributed by atoms with E-state index in [9.17, 15) is 9.59 Å². The standard InChI is InChI=1S/C19H24N6O3/c1-10-15-13(6-19(2,3)7-14(15)26)25(24-10)18-21-8-12(16(20)27)17(23-18)22-11-4-5-28-9-11/h8,11H,4-7,9H2,1-3H3,(H2,20,27)(H,21,22,23). The Bertz CT molecular complexity index is 959. The molecule has 4 rings (SSSR count). The van der Waals surface area contributed by atoms with Crippen molar-refractivity contribution in [2.75, 3.05) is 18.5 Å². The van der Waals surface area contributed by atoms with E-state index in [1.807, 2.05) is 6.92 Å². The van der Waals surface area contributed by atoms with Crippen molar-refractivity contribution in [3.63, 3.8) is 0 Å². The van der Waals surface area contributed by atoms with Crippen LogP contribution in [-0.4, -0.2) is 50.7 Å². The SMILES string of the molecule is Cc1nn(-c2ncc(C(N)=O)c(NC3CCOC3)n2)c2c1C(=O)CC(C)(C)C2. The van der Waals surface area contributed by atoms with Crippen LogP contribution in [0.3, 0.4) is 0 Å². The predicted octanol–water partition coefficient (Wildman–Crippen LogP) is 1.43. The highest BCUT2D eigenvalue weighted by molar-refractivity contribution is 6.00. The van der Waals surface area contributed by atoms with Crippen molar-refractivity contribution in [2.45, 2.75) is 46.1 Å². The molecule has 1 aliphatic heterocycles. The number of hydrogen-bond acceptors (Lipinski definition) is 7.